The van der Waals surface area contributed by atoms with Crippen molar-refractivity contribution in [3.63, 3.8) is 0 Å². The molecule has 0 saturated carbocycles. The number of allylic oxidation sites excluding steroid dienone is 1. The highest BCUT2D eigenvalue weighted by atomic mass is 16.5. The molecule has 0 spiro atoms. The molecule has 0 radical (unpaired) electrons. The summed E-state index contributed by atoms with van der Waals surface area (Å²) in [6.07, 6.45) is 6.05. The van der Waals surface area contributed by atoms with Gasteiger partial charge in [0.2, 0.25) is 5.95 Å². The molecule has 1 aromatic carbocycles. The Morgan fingerprint density at radius 2 is 2.19 bits per heavy atom. The Hall–Kier alpha value is -2.51. The lowest BCUT2D eigenvalue weighted by Crippen LogP contribution is -2.39. The van der Waals surface area contributed by atoms with Crippen LogP contribution in [0.2, 0.25) is 0 Å². The lowest BCUT2D eigenvalue weighted by molar-refractivity contribution is 0.0398. The Balaban J connectivity index is 1.35. The molecule has 4 rings (SSSR count). The van der Waals surface area contributed by atoms with E-state index in [0.29, 0.717) is 0 Å². The predicted molar refractivity (Wildman–Crippen MR) is 102 cm³/mol. The number of likely N-dealkylation sites (N-methyl/N-ethyl adjacent to an activating group) is 1. The zero-order valence-electron chi connectivity index (χ0n) is 15.1. The SMILES string of the molecule is CN1C=CC(Oc2ccc3nc(NCCN4CCOCC4)[nH]c3c2)=CC1. The van der Waals surface area contributed by atoms with E-state index in [0.717, 1.165) is 74.4 Å². The van der Waals surface area contributed by atoms with Crippen molar-refractivity contribution >= 4 is 17.0 Å². The molecule has 26 heavy (non-hydrogen) atoms. The third kappa shape index (κ3) is 4.17. The van der Waals surface area contributed by atoms with Gasteiger partial charge in [-0.15, -0.1) is 0 Å². The zero-order chi connectivity index (χ0) is 17.8. The predicted octanol–water partition coefficient (Wildman–Crippen LogP) is 2.03. The molecule has 0 bridgehead atoms. The average Bonchev–Trinajstić information content (AvgIpc) is 3.06. The van der Waals surface area contributed by atoms with Gasteiger partial charge in [0.05, 0.1) is 24.2 Å². The van der Waals surface area contributed by atoms with Crippen LogP contribution in [-0.2, 0) is 4.74 Å². The smallest absolute Gasteiger partial charge is 0.201 e. The molecule has 138 valence electrons. The summed E-state index contributed by atoms with van der Waals surface area (Å²) in [6, 6.07) is 5.92. The first kappa shape index (κ1) is 16.9. The van der Waals surface area contributed by atoms with E-state index < -0.39 is 0 Å². The maximum Gasteiger partial charge on any atom is 0.201 e. The number of fused-ring (bicyclic) bond motifs is 1. The van der Waals surface area contributed by atoms with Gasteiger partial charge < -0.3 is 24.7 Å². The highest BCUT2D eigenvalue weighted by Gasteiger charge is 2.10. The van der Waals surface area contributed by atoms with Crippen molar-refractivity contribution in [2.45, 2.75) is 0 Å². The molecule has 2 aliphatic rings. The molecule has 1 saturated heterocycles. The van der Waals surface area contributed by atoms with Crippen LogP contribution in [0.25, 0.3) is 11.0 Å². The lowest BCUT2D eigenvalue weighted by Gasteiger charge is -2.26. The number of aromatic amines is 1. The van der Waals surface area contributed by atoms with Gasteiger partial charge in [0.15, 0.2) is 0 Å². The second-order valence-corrected chi connectivity index (χ2v) is 6.61. The summed E-state index contributed by atoms with van der Waals surface area (Å²) >= 11 is 0. The molecular weight excluding hydrogens is 330 g/mol. The molecule has 0 atom stereocenters. The van der Waals surface area contributed by atoms with Crippen LogP contribution < -0.4 is 10.1 Å². The highest BCUT2D eigenvalue weighted by Crippen LogP contribution is 2.23. The number of benzene rings is 1. The van der Waals surface area contributed by atoms with Crippen LogP contribution in [0.4, 0.5) is 5.95 Å². The van der Waals surface area contributed by atoms with Crippen LogP contribution in [0.5, 0.6) is 5.75 Å². The quantitative estimate of drug-likeness (QED) is 0.827. The summed E-state index contributed by atoms with van der Waals surface area (Å²) in [5.41, 5.74) is 1.90. The van der Waals surface area contributed by atoms with Gasteiger partial charge in [-0.05, 0) is 24.3 Å². The fourth-order valence-corrected chi connectivity index (χ4v) is 3.07. The molecular formula is C19H25N5O2. The maximum absolute atomic E-state index is 5.94. The number of imidazole rings is 1. The average molecular weight is 355 g/mol. The van der Waals surface area contributed by atoms with Crippen LogP contribution in [0, 0.1) is 0 Å². The van der Waals surface area contributed by atoms with Gasteiger partial charge in [0.1, 0.15) is 11.5 Å². The largest absolute Gasteiger partial charge is 0.458 e. The number of nitrogens with zero attached hydrogens (tertiary/aromatic N) is 3. The maximum atomic E-state index is 5.94. The van der Waals surface area contributed by atoms with Crippen molar-refractivity contribution in [2.24, 2.45) is 0 Å². The van der Waals surface area contributed by atoms with E-state index in [1.165, 1.54) is 0 Å². The Morgan fingerprint density at radius 3 is 3.00 bits per heavy atom. The van der Waals surface area contributed by atoms with E-state index in [9.17, 15) is 0 Å². The highest BCUT2D eigenvalue weighted by molar-refractivity contribution is 5.79. The molecule has 2 aromatic rings. The first-order valence-corrected chi connectivity index (χ1v) is 9.06. The number of ether oxygens (including phenoxy) is 2. The van der Waals surface area contributed by atoms with Gasteiger partial charge in [-0.1, -0.05) is 0 Å². The van der Waals surface area contributed by atoms with Gasteiger partial charge in [-0.25, -0.2) is 4.98 Å². The van der Waals surface area contributed by atoms with Crippen LogP contribution in [0.15, 0.2) is 42.3 Å². The third-order valence-corrected chi connectivity index (χ3v) is 4.59. The number of morpholine rings is 1. The molecule has 7 heteroatoms. The third-order valence-electron chi connectivity index (χ3n) is 4.59. The lowest BCUT2D eigenvalue weighted by atomic mass is 10.3. The van der Waals surface area contributed by atoms with Crippen molar-refractivity contribution < 1.29 is 9.47 Å². The van der Waals surface area contributed by atoms with Crippen molar-refractivity contribution in [1.82, 2.24) is 19.8 Å². The van der Waals surface area contributed by atoms with E-state index in [4.69, 9.17) is 9.47 Å². The molecule has 0 unspecified atom stereocenters. The van der Waals surface area contributed by atoms with Crippen molar-refractivity contribution in [3.05, 3.63) is 42.3 Å². The number of rotatable bonds is 6. The molecule has 2 aliphatic heterocycles. The molecule has 2 N–H and O–H groups in total. The Bertz CT molecular complexity index is 807. The van der Waals surface area contributed by atoms with E-state index in [2.05, 4.69) is 31.2 Å². The Morgan fingerprint density at radius 1 is 1.31 bits per heavy atom. The second-order valence-electron chi connectivity index (χ2n) is 6.61. The Kier molecular flexibility index (Phi) is 5.08. The van der Waals surface area contributed by atoms with E-state index >= 15 is 0 Å². The van der Waals surface area contributed by atoms with Crippen LogP contribution >= 0.6 is 0 Å². The molecule has 3 heterocycles. The van der Waals surface area contributed by atoms with E-state index in [-0.39, 0.29) is 0 Å². The minimum atomic E-state index is 0.795. The summed E-state index contributed by atoms with van der Waals surface area (Å²) in [7, 11) is 2.04. The first-order chi connectivity index (χ1) is 12.8. The van der Waals surface area contributed by atoms with Crippen molar-refractivity contribution in [1.29, 1.82) is 0 Å². The monoisotopic (exact) mass is 355 g/mol. The molecule has 1 aromatic heterocycles. The Labute approximate surface area is 153 Å². The fourth-order valence-electron chi connectivity index (χ4n) is 3.07. The van der Waals surface area contributed by atoms with E-state index in [1.807, 2.05) is 37.5 Å². The molecule has 1 fully saturated rings. The van der Waals surface area contributed by atoms with Crippen LogP contribution in [0.1, 0.15) is 0 Å². The summed E-state index contributed by atoms with van der Waals surface area (Å²) in [5, 5.41) is 3.37. The zero-order valence-corrected chi connectivity index (χ0v) is 15.1. The molecule has 7 nitrogen and oxygen atoms in total. The summed E-state index contributed by atoms with van der Waals surface area (Å²) in [6.45, 7) is 6.36. The summed E-state index contributed by atoms with van der Waals surface area (Å²) < 4.78 is 11.3. The van der Waals surface area contributed by atoms with Crippen molar-refractivity contribution in [2.75, 3.05) is 58.3 Å². The van der Waals surface area contributed by atoms with Gasteiger partial charge in [0, 0.05) is 52.0 Å². The van der Waals surface area contributed by atoms with Gasteiger partial charge >= 0.3 is 0 Å². The number of H-pyrrole nitrogens is 1. The van der Waals surface area contributed by atoms with Crippen molar-refractivity contribution in [3.8, 4) is 5.75 Å². The molecule has 0 aliphatic carbocycles. The minimum Gasteiger partial charge on any atom is -0.458 e. The number of nitrogens with one attached hydrogen (secondary N) is 2. The van der Waals surface area contributed by atoms with Crippen LogP contribution in [0.3, 0.4) is 0 Å². The van der Waals surface area contributed by atoms with E-state index in [1.54, 1.807) is 0 Å². The van der Waals surface area contributed by atoms with Crippen LogP contribution in [-0.4, -0.2) is 72.8 Å². The normalized spacial score (nSPS) is 18.2. The summed E-state index contributed by atoms with van der Waals surface area (Å²) in [5.74, 6) is 2.47. The fraction of sp³-hybridized carbons (Fsp3) is 0.421. The topological polar surface area (TPSA) is 65.7 Å². The number of aromatic nitrogens is 2. The first-order valence-electron chi connectivity index (χ1n) is 9.06. The standard InChI is InChI=1S/C19H25N5O2/c1-23-7-4-15(5-8-23)26-16-2-3-17-18(14-16)22-19(21-17)20-6-9-24-10-12-25-13-11-24/h2-5,7,14H,6,8-13H2,1H3,(H2,20,21,22). The number of hydrogen-bond donors (Lipinski definition) is 2. The van der Waals surface area contributed by atoms with Gasteiger partial charge in [0.25, 0.3) is 0 Å². The number of anilines is 1. The summed E-state index contributed by atoms with van der Waals surface area (Å²) in [4.78, 5) is 12.4. The minimum absolute atomic E-state index is 0.795. The molecule has 0 amide bonds. The van der Waals surface area contributed by atoms with Gasteiger partial charge in [-0.2, -0.15) is 0 Å². The number of hydrogen-bond acceptors (Lipinski definition) is 6. The second kappa shape index (κ2) is 7.80. The van der Waals surface area contributed by atoms with Gasteiger partial charge in [-0.3, -0.25) is 4.90 Å².